The predicted molar refractivity (Wildman–Crippen MR) is 121 cm³/mol. The second-order valence-electron chi connectivity index (χ2n) is 7.24. The summed E-state index contributed by atoms with van der Waals surface area (Å²) in [5, 5.41) is 0.467. The molecule has 5 nitrogen and oxygen atoms in total. The molecule has 160 valence electrons. The molecule has 1 amide bonds. The second-order valence-corrected chi connectivity index (χ2v) is 7.65. The molecule has 0 saturated carbocycles. The number of rotatable bonds is 7. The van der Waals surface area contributed by atoms with Gasteiger partial charge in [-0.3, -0.25) is 9.69 Å². The van der Waals surface area contributed by atoms with Crippen molar-refractivity contribution in [3.63, 3.8) is 0 Å². The van der Waals surface area contributed by atoms with E-state index in [1.165, 1.54) is 5.56 Å². The molecule has 1 heterocycles. The van der Waals surface area contributed by atoms with Crippen LogP contribution in [0.5, 0.6) is 11.5 Å². The van der Waals surface area contributed by atoms with Gasteiger partial charge in [-0.05, 0) is 42.7 Å². The Morgan fingerprint density at radius 2 is 1.93 bits per heavy atom. The molecule has 0 N–H and O–H groups in total. The number of halogens is 1. The molecule has 0 aromatic heterocycles. The number of ether oxygens (including phenoxy) is 2. The maximum atomic E-state index is 12.7. The molecule has 2 aromatic carbocycles. The highest BCUT2D eigenvalue weighted by atomic mass is 35.5. The van der Waals surface area contributed by atoms with E-state index in [-0.39, 0.29) is 5.91 Å². The summed E-state index contributed by atoms with van der Waals surface area (Å²) in [6.45, 7) is 6.67. The lowest BCUT2D eigenvalue weighted by molar-refractivity contribution is -0.125. The van der Waals surface area contributed by atoms with E-state index in [0.717, 1.165) is 44.7 Å². The lowest BCUT2D eigenvalue weighted by Crippen LogP contribution is -2.34. The van der Waals surface area contributed by atoms with Gasteiger partial charge in [0.2, 0.25) is 5.91 Å². The van der Waals surface area contributed by atoms with Gasteiger partial charge in [-0.2, -0.15) is 0 Å². The normalized spacial score (nSPS) is 15.2. The molecule has 1 fully saturated rings. The first-order valence-corrected chi connectivity index (χ1v) is 10.7. The Kier molecular flexibility index (Phi) is 8.17. The van der Waals surface area contributed by atoms with Gasteiger partial charge < -0.3 is 14.4 Å². The number of hydrogen-bond acceptors (Lipinski definition) is 4. The van der Waals surface area contributed by atoms with E-state index in [9.17, 15) is 4.79 Å². The van der Waals surface area contributed by atoms with Crippen molar-refractivity contribution in [2.75, 3.05) is 39.9 Å². The molecule has 0 radical (unpaired) electrons. The highest BCUT2D eigenvalue weighted by molar-refractivity contribution is 6.32. The summed E-state index contributed by atoms with van der Waals surface area (Å²) in [6, 6.07) is 14.1. The van der Waals surface area contributed by atoms with Crippen LogP contribution < -0.4 is 9.47 Å². The van der Waals surface area contributed by atoms with Crippen LogP contribution in [0.4, 0.5) is 0 Å². The molecule has 3 rings (SSSR count). The first-order valence-electron chi connectivity index (χ1n) is 10.3. The molecule has 1 saturated heterocycles. The summed E-state index contributed by atoms with van der Waals surface area (Å²) < 4.78 is 10.9. The van der Waals surface area contributed by atoms with Crippen LogP contribution in [0.3, 0.4) is 0 Å². The van der Waals surface area contributed by atoms with Gasteiger partial charge in [0.05, 0.1) is 18.7 Å². The second kappa shape index (κ2) is 11.0. The Morgan fingerprint density at radius 3 is 2.67 bits per heavy atom. The summed E-state index contributed by atoms with van der Waals surface area (Å²) >= 11 is 6.32. The quantitative estimate of drug-likeness (QED) is 0.609. The lowest BCUT2D eigenvalue weighted by atomic mass is 10.1. The highest BCUT2D eigenvalue weighted by Gasteiger charge is 2.18. The van der Waals surface area contributed by atoms with Crippen molar-refractivity contribution >= 4 is 23.6 Å². The number of carbonyl (C=O) groups is 1. The van der Waals surface area contributed by atoms with Crippen molar-refractivity contribution in [1.82, 2.24) is 9.80 Å². The van der Waals surface area contributed by atoms with Gasteiger partial charge in [-0.15, -0.1) is 0 Å². The average Bonchev–Trinajstić information content (AvgIpc) is 3.00. The predicted octanol–water partition coefficient (Wildman–Crippen LogP) is 4.50. The van der Waals surface area contributed by atoms with Gasteiger partial charge in [0.25, 0.3) is 0 Å². The highest BCUT2D eigenvalue weighted by Crippen LogP contribution is 2.36. The number of methoxy groups -OCH3 is 1. The van der Waals surface area contributed by atoms with Crippen LogP contribution in [0.1, 0.15) is 24.5 Å². The van der Waals surface area contributed by atoms with Crippen molar-refractivity contribution in [2.24, 2.45) is 0 Å². The van der Waals surface area contributed by atoms with Crippen LogP contribution in [0, 0.1) is 0 Å². The fourth-order valence-corrected chi connectivity index (χ4v) is 3.86. The maximum Gasteiger partial charge on any atom is 0.246 e. The van der Waals surface area contributed by atoms with Crippen molar-refractivity contribution < 1.29 is 14.3 Å². The molecule has 0 atom stereocenters. The maximum absolute atomic E-state index is 12.7. The first kappa shape index (κ1) is 22.2. The number of hydrogen-bond donors (Lipinski definition) is 0. The third-order valence-electron chi connectivity index (χ3n) is 5.11. The zero-order chi connectivity index (χ0) is 21.3. The van der Waals surface area contributed by atoms with Crippen LogP contribution in [-0.2, 0) is 11.3 Å². The lowest BCUT2D eigenvalue weighted by Gasteiger charge is -2.21. The third kappa shape index (κ3) is 6.00. The first-order chi connectivity index (χ1) is 14.6. The summed E-state index contributed by atoms with van der Waals surface area (Å²) in [5.41, 5.74) is 2.10. The SMILES string of the molecule is CCOc1c(Cl)cc(/C=C/C(=O)N2CCCN(Cc3ccccc3)CC2)cc1OC. The smallest absolute Gasteiger partial charge is 0.246 e. The molecule has 0 unspecified atom stereocenters. The molecular formula is C24H29ClN2O3. The molecule has 0 aliphatic carbocycles. The molecular weight excluding hydrogens is 400 g/mol. The van der Waals surface area contributed by atoms with E-state index in [0.29, 0.717) is 23.1 Å². The van der Waals surface area contributed by atoms with Crippen LogP contribution in [0.25, 0.3) is 6.08 Å². The Hall–Kier alpha value is -2.50. The summed E-state index contributed by atoms with van der Waals surface area (Å²) in [5.74, 6) is 1.10. The van der Waals surface area contributed by atoms with E-state index in [2.05, 4.69) is 29.2 Å². The fraction of sp³-hybridized carbons (Fsp3) is 0.375. The van der Waals surface area contributed by atoms with Crippen LogP contribution in [0.15, 0.2) is 48.5 Å². The fourth-order valence-electron chi connectivity index (χ4n) is 3.58. The van der Waals surface area contributed by atoms with Crippen LogP contribution in [0.2, 0.25) is 5.02 Å². The molecule has 6 heteroatoms. The molecule has 1 aliphatic heterocycles. The largest absolute Gasteiger partial charge is 0.493 e. The van der Waals surface area contributed by atoms with E-state index in [4.69, 9.17) is 21.1 Å². The van der Waals surface area contributed by atoms with Gasteiger partial charge in [0, 0.05) is 38.8 Å². The number of benzene rings is 2. The third-order valence-corrected chi connectivity index (χ3v) is 5.39. The monoisotopic (exact) mass is 428 g/mol. The Balaban J connectivity index is 1.60. The van der Waals surface area contributed by atoms with Crippen LogP contribution >= 0.6 is 11.6 Å². The van der Waals surface area contributed by atoms with Gasteiger partial charge in [0.1, 0.15) is 0 Å². The van der Waals surface area contributed by atoms with E-state index < -0.39 is 0 Å². The zero-order valence-electron chi connectivity index (χ0n) is 17.6. The molecule has 30 heavy (non-hydrogen) atoms. The van der Waals surface area contributed by atoms with Crippen molar-refractivity contribution in [1.29, 1.82) is 0 Å². The number of nitrogens with zero attached hydrogens (tertiary/aromatic N) is 2. The Bertz CT molecular complexity index is 870. The van der Waals surface area contributed by atoms with Gasteiger partial charge in [0.15, 0.2) is 11.5 Å². The van der Waals surface area contributed by atoms with Crippen molar-refractivity contribution in [3.8, 4) is 11.5 Å². The Morgan fingerprint density at radius 1 is 1.13 bits per heavy atom. The minimum Gasteiger partial charge on any atom is -0.493 e. The average molecular weight is 429 g/mol. The molecule has 0 bridgehead atoms. The minimum atomic E-state index is 0.0144. The molecule has 2 aromatic rings. The minimum absolute atomic E-state index is 0.0144. The Labute approximate surface area is 183 Å². The van der Waals surface area contributed by atoms with Gasteiger partial charge >= 0.3 is 0 Å². The van der Waals surface area contributed by atoms with E-state index in [1.54, 1.807) is 25.3 Å². The molecule has 0 spiro atoms. The number of carbonyl (C=O) groups excluding carboxylic acids is 1. The summed E-state index contributed by atoms with van der Waals surface area (Å²) in [7, 11) is 1.57. The number of amides is 1. The van der Waals surface area contributed by atoms with Gasteiger partial charge in [-0.1, -0.05) is 41.9 Å². The standard InChI is InChI=1S/C24H29ClN2O3/c1-3-30-24-21(25)16-20(17-22(24)29-2)10-11-23(28)27-13-7-12-26(14-15-27)18-19-8-5-4-6-9-19/h4-6,8-11,16-17H,3,7,12-15,18H2,1-2H3/b11-10+. The summed E-state index contributed by atoms with van der Waals surface area (Å²) in [6.07, 6.45) is 4.35. The van der Waals surface area contributed by atoms with Crippen molar-refractivity contribution in [2.45, 2.75) is 19.9 Å². The van der Waals surface area contributed by atoms with Crippen molar-refractivity contribution in [3.05, 3.63) is 64.7 Å². The zero-order valence-corrected chi connectivity index (χ0v) is 18.4. The van der Waals surface area contributed by atoms with Gasteiger partial charge in [-0.25, -0.2) is 0 Å². The molecule has 1 aliphatic rings. The van der Waals surface area contributed by atoms with E-state index >= 15 is 0 Å². The summed E-state index contributed by atoms with van der Waals surface area (Å²) in [4.78, 5) is 17.0. The van der Waals surface area contributed by atoms with Crippen LogP contribution in [-0.4, -0.2) is 55.6 Å². The topological polar surface area (TPSA) is 42.0 Å². The van der Waals surface area contributed by atoms with E-state index in [1.807, 2.05) is 24.0 Å².